The number of benzene rings is 1. The Morgan fingerprint density at radius 1 is 1.39 bits per heavy atom. The van der Waals surface area contributed by atoms with Crippen molar-refractivity contribution in [1.29, 1.82) is 0 Å². The number of thioether (sulfide) groups is 1. The van der Waals surface area contributed by atoms with Gasteiger partial charge in [0.1, 0.15) is 6.54 Å². The van der Waals surface area contributed by atoms with E-state index >= 15 is 0 Å². The lowest BCUT2D eigenvalue weighted by atomic mass is 10.1. The molecule has 1 aromatic rings. The van der Waals surface area contributed by atoms with Crippen molar-refractivity contribution in [2.24, 2.45) is 0 Å². The van der Waals surface area contributed by atoms with E-state index in [4.69, 9.17) is 16.3 Å². The molecule has 1 aliphatic heterocycles. The zero-order valence-electron chi connectivity index (χ0n) is 12.8. The van der Waals surface area contributed by atoms with Crippen LogP contribution < -0.4 is 5.32 Å². The number of esters is 1. The number of aryl methyl sites for hydroxylation is 2. The van der Waals surface area contributed by atoms with E-state index in [2.05, 4.69) is 5.32 Å². The number of nitrogens with zero attached hydrogens (tertiary/aromatic N) is 1. The van der Waals surface area contributed by atoms with Crippen LogP contribution in [0.2, 0.25) is 5.02 Å². The molecule has 1 heterocycles. The predicted molar refractivity (Wildman–Crippen MR) is 89.9 cm³/mol. The largest absolute Gasteiger partial charge is 0.454 e. The smallest absolute Gasteiger partial charge is 0.326 e. The fraction of sp³-hybridized carbons (Fsp3) is 0.400. The molecule has 0 atom stereocenters. The number of halogens is 1. The maximum atomic E-state index is 11.9. The van der Waals surface area contributed by atoms with Crippen molar-refractivity contribution in [2.45, 2.75) is 13.8 Å². The van der Waals surface area contributed by atoms with Crippen LogP contribution >= 0.6 is 23.4 Å². The maximum absolute atomic E-state index is 11.9. The second-order valence-corrected chi connectivity index (χ2v) is 6.64. The van der Waals surface area contributed by atoms with E-state index in [0.29, 0.717) is 23.0 Å². The third-order valence-electron chi connectivity index (χ3n) is 3.23. The van der Waals surface area contributed by atoms with Gasteiger partial charge < -0.3 is 15.0 Å². The van der Waals surface area contributed by atoms with E-state index in [-0.39, 0.29) is 11.8 Å². The first-order valence-electron chi connectivity index (χ1n) is 7.00. The number of carbonyl (C=O) groups excluding carboxylic acids is 3. The van der Waals surface area contributed by atoms with Gasteiger partial charge in [-0.05, 0) is 31.0 Å². The van der Waals surface area contributed by atoms with Gasteiger partial charge in [0, 0.05) is 12.3 Å². The highest BCUT2D eigenvalue weighted by atomic mass is 35.5. The normalized spacial score (nSPS) is 14.0. The second kappa shape index (κ2) is 7.70. The van der Waals surface area contributed by atoms with Crippen LogP contribution in [0.15, 0.2) is 12.1 Å². The number of carbonyl (C=O) groups is 3. The third-order valence-corrected chi connectivity index (χ3v) is 4.42. The molecule has 6 nitrogen and oxygen atoms in total. The van der Waals surface area contributed by atoms with Crippen molar-refractivity contribution in [3.63, 3.8) is 0 Å². The van der Waals surface area contributed by atoms with Crippen molar-refractivity contribution in [3.8, 4) is 0 Å². The molecule has 1 saturated heterocycles. The van der Waals surface area contributed by atoms with Gasteiger partial charge in [0.15, 0.2) is 6.61 Å². The molecule has 23 heavy (non-hydrogen) atoms. The van der Waals surface area contributed by atoms with Gasteiger partial charge in [0.2, 0.25) is 0 Å². The summed E-state index contributed by atoms with van der Waals surface area (Å²) in [7, 11) is 0. The van der Waals surface area contributed by atoms with E-state index in [1.165, 1.54) is 4.90 Å². The number of anilines is 1. The topological polar surface area (TPSA) is 75.7 Å². The van der Waals surface area contributed by atoms with Crippen molar-refractivity contribution in [3.05, 3.63) is 28.3 Å². The van der Waals surface area contributed by atoms with E-state index in [1.54, 1.807) is 6.07 Å². The van der Waals surface area contributed by atoms with E-state index < -0.39 is 18.5 Å². The van der Waals surface area contributed by atoms with Crippen LogP contribution in [0, 0.1) is 13.8 Å². The Kier molecular flexibility index (Phi) is 5.90. The van der Waals surface area contributed by atoms with Crippen LogP contribution in [0.1, 0.15) is 11.1 Å². The van der Waals surface area contributed by atoms with Gasteiger partial charge in [-0.3, -0.25) is 14.4 Å². The molecule has 0 bridgehead atoms. The lowest BCUT2D eigenvalue weighted by molar-refractivity contribution is -0.147. The molecule has 0 saturated carbocycles. The standard InChI is InChI=1S/C15H17ClN2O4S/c1-9-5-10(2)14(11(16)6-9)17-12(19)8-22-13(20)7-18-3-4-23-15(18)21/h5-6H,3-4,7-8H2,1-2H3,(H,17,19). The quantitative estimate of drug-likeness (QED) is 0.821. The molecule has 2 amide bonds. The Hall–Kier alpha value is -1.73. The highest BCUT2D eigenvalue weighted by Gasteiger charge is 2.24. The molecule has 124 valence electrons. The van der Waals surface area contributed by atoms with Gasteiger partial charge in [-0.15, -0.1) is 0 Å². The van der Waals surface area contributed by atoms with E-state index in [9.17, 15) is 14.4 Å². The minimum atomic E-state index is -0.609. The number of amides is 2. The summed E-state index contributed by atoms with van der Waals surface area (Å²) in [4.78, 5) is 36.3. The van der Waals surface area contributed by atoms with E-state index in [0.717, 1.165) is 22.9 Å². The average Bonchev–Trinajstić information content (AvgIpc) is 2.86. The fourth-order valence-corrected chi connectivity index (χ4v) is 3.36. The summed E-state index contributed by atoms with van der Waals surface area (Å²) in [6.45, 7) is 3.70. The van der Waals surface area contributed by atoms with Crippen molar-refractivity contribution in [1.82, 2.24) is 4.90 Å². The first kappa shape index (κ1) is 17.6. The summed E-state index contributed by atoms with van der Waals surface area (Å²) >= 11 is 7.27. The van der Waals surface area contributed by atoms with Gasteiger partial charge >= 0.3 is 5.97 Å². The first-order valence-corrected chi connectivity index (χ1v) is 8.37. The maximum Gasteiger partial charge on any atom is 0.326 e. The molecule has 0 aromatic heterocycles. The van der Waals surface area contributed by atoms with Crippen LogP contribution in [-0.4, -0.2) is 47.5 Å². The molecule has 0 aliphatic carbocycles. The van der Waals surface area contributed by atoms with Crippen LogP contribution in [0.25, 0.3) is 0 Å². The second-order valence-electron chi connectivity index (χ2n) is 5.18. The lowest BCUT2D eigenvalue weighted by Crippen LogP contribution is -2.32. The van der Waals surface area contributed by atoms with Gasteiger partial charge in [0.05, 0.1) is 10.7 Å². The Morgan fingerprint density at radius 3 is 2.74 bits per heavy atom. The molecule has 0 radical (unpaired) electrons. The van der Waals surface area contributed by atoms with Crippen molar-refractivity contribution < 1.29 is 19.1 Å². The number of hydrogen-bond donors (Lipinski definition) is 1. The number of rotatable bonds is 5. The molecule has 1 aliphatic rings. The highest BCUT2D eigenvalue weighted by molar-refractivity contribution is 8.13. The summed E-state index contributed by atoms with van der Waals surface area (Å²) < 4.78 is 4.89. The van der Waals surface area contributed by atoms with E-state index in [1.807, 2.05) is 19.9 Å². The predicted octanol–water partition coefficient (Wildman–Crippen LogP) is 2.61. The number of hydrogen-bond acceptors (Lipinski definition) is 5. The molecule has 1 fully saturated rings. The summed E-state index contributed by atoms with van der Waals surface area (Å²) in [6.07, 6.45) is 0. The first-order chi connectivity index (χ1) is 10.9. The molecular weight excluding hydrogens is 340 g/mol. The van der Waals surface area contributed by atoms with Gasteiger partial charge in [0.25, 0.3) is 11.1 Å². The van der Waals surface area contributed by atoms with Crippen LogP contribution in [0.5, 0.6) is 0 Å². The zero-order chi connectivity index (χ0) is 17.0. The van der Waals surface area contributed by atoms with Gasteiger partial charge in [-0.1, -0.05) is 29.4 Å². The summed E-state index contributed by atoms with van der Waals surface area (Å²) in [5.41, 5.74) is 2.32. The number of nitrogens with one attached hydrogen (secondary N) is 1. The summed E-state index contributed by atoms with van der Waals surface area (Å²) in [5, 5.41) is 2.92. The minimum absolute atomic E-state index is 0.135. The van der Waals surface area contributed by atoms with Crippen molar-refractivity contribution in [2.75, 3.05) is 30.8 Å². The van der Waals surface area contributed by atoms with Gasteiger partial charge in [-0.2, -0.15) is 0 Å². The van der Waals surface area contributed by atoms with Crippen LogP contribution in [0.4, 0.5) is 10.5 Å². The average molecular weight is 357 g/mol. The SMILES string of the molecule is Cc1cc(C)c(NC(=O)COC(=O)CN2CCSC2=O)c(Cl)c1. The summed E-state index contributed by atoms with van der Waals surface area (Å²) in [5.74, 6) is -0.422. The molecule has 2 rings (SSSR count). The molecule has 0 spiro atoms. The van der Waals surface area contributed by atoms with Crippen LogP contribution in [0.3, 0.4) is 0 Å². The Morgan fingerprint density at radius 2 is 2.13 bits per heavy atom. The monoisotopic (exact) mass is 356 g/mol. The Balaban J connectivity index is 1.83. The molecule has 1 N–H and O–H groups in total. The molecular formula is C15H17ClN2O4S. The highest BCUT2D eigenvalue weighted by Crippen LogP contribution is 2.27. The lowest BCUT2D eigenvalue weighted by Gasteiger charge is -2.14. The molecule has 0 unspecified atom stereocenters. The van der Waals surface area contributed by atoms with Crippen molar-refractivity contribution >= 4 is 46.2 Å². The zero-order valence-corrected chi connectivity index (χ0v) is 14.4. The Labute approximate surface area is 143 Å². The minimum Gasteiger partial charge on any atom is -0.454 e. The Bertz CT molecular complexity index is 627. The van der Waals surface area contributed by atoms with Gasteiger partial charge in [-0.25, -0.2) is 0 Å². The third kappa shape index (κ3) is 4.87. The molecule has 8 heteroatoms. The number of ether oxygens (including phenoxy) is 1. The van der Waals surface area contributed by atoms with Crippen LogP contribution in [-0.2, 0) is 14.3 Å². The molecule has 1 aromatic carbocycles. The fourth-order valence-electron chi connectivity index (χ4n) is 2.17. The summed E-state index contributed by atoms with van der Waals surface area (Å²) in [6, 6.07) is 3.64.